The van der Waals surface area contributed by atoms with Crippen LogP contribution in [0.5, 0.6) is 5.75 Å². The Labute approximate surface area is 80.4 Å². The summed E-state index contributed by atoms with van der Waals surface area (Å²) in [7, 11) is 0. The van der Waals surface area contributed by atoms with Gasteiger partial charge in [-0.05, 0) is 12.1 Å². The third kappa shape index (κ3) is 1.59. The Balaban J connectivity index is 2.42. The Morgan fingerprint density at radius 3 is 2.79 bits per heavy atom. The van der Waals surface area contributed by atoms with Crippen LogP contribution in [0.4, 0.5) is 4.79 Å². The first kappa shape index (κ1) is 8.74. The molecule has 1 aromatic carbocycles. The zero-order valence-electron chi connectivity index (χ0n) is 7.36. The van der Waals surface area contributed by atoms with E-state index >= 15 is 0 Å². The van der Waals surface area contributed by atoms with E-state index < -0.39 is 6.16 Å². The van der Waals surface area contributed by atoms with E-state index in [4.69, 9.17) is 4.74 Å². The number of ether oxygens (including phenoxy) is 2. The van der Waals surface area contributed by atoms with Crippen molar-refractivity contribution in [3.05, 3.63) is 29.8 Å². The highest BCUT2D eigenvalue weighted by Gasteiger charge is 2.19. The summed E-state index contributed by atoms with van der Waals surface area (Å²) in [6, 6.07) is 6.63. The number of carbonyl (C=O) groups excluding carboxylic acids is 2. The molecule has 72 valence electrons. The molecule has 1 aliphatic heterocycles. The number of hydrogen-bond acceptors (Lipinski definition) is 4. The quantitative estimate of drug-likeness (QED) is 0.464. The minimum absolute atomic E-state index is 0.0754. The highest BCUT2D eigenvalue weighted by molar-refractivity contribution is 5.99. The number of benzene rings is 1. The Hall–Kier alpha value is -1.84. The molecule has 4 nitrogen and oxygen atoms in total. The van der Waals surface area contributed by atoms with Crippen LogP contribution in [0, 0.1) is 0 Å². The van der Waals surface area contributed by atoms with E-state index in [0.717, 1.165) is 0 Å². The molecule has 1 aromatic rings. The van der Waals surface area contributed by atoms with Crippen molar-refractivity contribution < 1.29 is 19.1 Å². The molecule has 0 N–H and O–H groups in total. The van der Waals surface area contributed by atoms with Crippen molar-refractivity contribution in [3.8, 4) is 5.75 Å². The molecule has 2 rings (SSSR count). The fourth-order valence-corrected chi connectivity index (χ4v) is 1.27. The zero-order chi connectivity index (χ0) is 9.97. The predicted molar refractivity (Wildman–Crippen MR) is 47.4 cm³/mol. The molecule has 0 fully saturated rings. The van der Waals surface area contributed by atoms with Gasteiger partial charge in [-0.15, -0.1) is 0 Å². The molecule has 0 amide bonds. The number of hydrogen-bond donors (Lipinski definition) is 0. The largest absolute Gasteiger partial charge is 0.513 e. The van der Waals surface area contributed by atoms with Crippen LogP contribution in [0.2, 0.25) is 0 Å². The van der Waals surface area contributed by atoms with E-state index in [-0.39, 0.29) is 24.6 Å². The Bertz CT molecular complexity index is 383. The van der Waals surface area contributed by atoms with Crippen molar-refractivity contribution in [2.75, 3.05) is 6.61 Å². The summed E-state index contributed by atoms with van der Waals surface area (Å²) in [5, 5.41) is 0. The van der Waals surface area contributed by atoms with Crippen LogP contribution in [0.25, 0.3) is 0 Å². The van der Waals surface area contributed by atoms with Crippen molar-refractivity contribution in [1.29, 1.82) is 0 Å². The van der Waals surface area contributed by atoms with Crippen LogP contribution in [-0.2, 0) is 4.74 Å². The molecule has 4 heteroatoms. The van der Waals surface area contributed by atoms with Crippen LogP contribution >= 0.6 is 0 Å². The number of rotatable bonds is 0. The van der Waals surface area contributed by atoms with E-state index in [1.807, 2.05) is 0 Å². The molecular formula is C10H8O4. The van der Waals surface area contributed by atoms with Gasteiger partial charge in [0.05, 0.1) is 5.56 Å². The Morgan fingerprint density at radius 2 is 1.93 bits per heavy atom. The molecule has 0 unspecified atom stereocenters. The lowest BCUT2D eigenvalue weighted by Gasteiger charge is -2.12. The second kappa shape index (κ2) is 3.49. The van der Waals surface area contributed by atoms with Gasteiger partial charge in [0.25, 0.3) is 0 Å². The van der Waals surface area contributed by atoms with Gasteiger partial charge in [-0.25, -0.2) is 4.79 Å². The molecule has 0 aromatic heterocycles. The fraction of sp³-hybridized carbons (Fsp3) is 0.200. The fourth-order valence-electron chi connectivity index (χ4n) is 1.27. The summed E-state index contributed by atoms with van der Waals surface area (Å²) >= 11 is 0. The second-order valence-electron chi connectivity index (χ2n) is 2.87. The van der Waals surface area contributed by atoms with Crippen LogP contribution < -0.4 is 4.74 Å². The topological polar surface area (TPSA) is 52.6 Å². The first-order valence-corrected chi connectivity index (χ1v) is 4.24. The van der Waals surface area contributed by atoms with Crippen LogP contribution in [0.15, 0.2) is 24.3 Å². The van der Waals surface area contributed by atoms with E-state index in [1.54, 1.807) is 24.3 Å². The van der Waals surface area contributed by atoms with Gasteiger partial charge < -0.3 is 9.47 Å². The smallest absolute Gasteiger partial charge is 0.434 e. The maximum Gasteiger partial charge on any atom is 0.513 e. The number of ketones is 1. The average Bonchev–Trinajstić information content (AvgIpc) is 2.16. The third-order valence-corrected chi connectivity index (χ3v) is 1.93. The SMILES string of the molecule is O=C1OCCC(=O)c2ccccc2O1. The molecule has 1 heterocycles. The summed E-state index contributed by atoms with van der Waals surface area (Å²) in [6.45, 7) is 0.0754. The third-order valence-electron chi connectivity index (χ3n) is 1.93. The van der Waals surface area contributed by atoms with Crippen molar-refractivity contribution in [3.63, 3.8) is 0 Å². The number of carbonyl (C=O) groups is 2. The first-order chi connectivity index (χ1) is 6.77. The van der Waals surface area contributed by atoms with Gasteiger partial charge >= 0.3 is 6.16 Å². The van der Waals surface area contributed by atoms with Gasteiger partial charge in [-0.2, -0.15) is 0 Å². The summed E-state index contributed by atoms with van der Waals surface area (Å²) in [6.07, 6.45) is -0.559. The summed E-state index contributed by atoms with van der Waals surface area (Å²) < 4.78 is 9.45. The van der Waals surface area contributed by atoms with Gasteiger partial charge in [0.2, 0.25) is 0 Å². The highest BCUT2D eigenvalue weighted by atomic mass is 16.7. The Kier molecular flexibility index (Phi) is 2.18. The predicted octanol–water partition coefficient (Wildman–Crippen LogP) is 1.79. The summed E-state index contributed by atoms with van der Waals surface area (Å²) in [5.41, 5.74) is 0.434. The van der Waals surface area contributed by atoms with Crippen LogP contribution in [0.3, 0.4) is 0 Å². The van der Waals surface area contributed by atoms with Crippen molar-refractivity contribution in [2.45, 2.75) is 6.42 Å². The van der Waals surface area contributed by atoms with Gasteiger partial charge in [-0.1, -0.05) is 12.1 Å². The normalized spacial score (nSPS) is 16.0. The maximum atomic E-state index is 11.5. The number of cyclic esters (lactones) is 1. The molecule has 0 saturated heterocycles. The van der Waals surface area contributed by atoms with E-state index in [2.05, 4.69) is 4.74 Å². The molecule has 0 bridgehead atoms. The lowest BCUT2D eigenvalue weighted by atomic mass is 10.1. The summed E-state index contributed by atoms with van der Waals surface area (Å²) in [5.74, 6) is 0.190. The number of para-hydroxylation sites is 1. The number of Topliss-reactive ketones (excluding diaryl/α,β-unsaturated/α-hetero) is 1. The van der Waals surface area contributed by atoms with Crippen LogP contribution in [-0.4, -0.2) is 18.5 Å². The number of fused-ring (bicyclic) bond motifs is 1. The standard InChI is InChI=1S/C10H8O4/c11-8-5-6-13-10(12)14-9-4-2-1-3-7(8)9/h1-4H,5-6H2. The Morgan fingerprint density at radius 1 is 1.14 bits per heavy atom. The van der Waals surface area contributed by atoms with E-state index in [0.29, 0.717) is 5.56 Å². The van der Waals surface area contributed by atoms with E-state index in [1.165, 1.54) is 0 Å². The van der Waals surface area contributed by atoms with Crippen molar-refractivity contribution in [1.82, 2.24) is 0 Å². The van der Waals surface area contributed by atoms with Crippen molar-refractivity contribution in [2.24, 2.45) is 0 Å². The highest BCUT2D eigenvalue weighted by Crippen LogP contribution is 2.21. The molecule has 0 radical (unpaired) electrons. The van der Waals surface area contributed by atoms with Crippen LogP contribution in [0.1, 0.15) is 16.8 Å². The van der Waals surface area contributed by atoms with Gasteiger partial charge in [0, 0.05) is 6.42 Å². The molecule has 14 heavy (non-hydrogen) atoms. The van der Waals surface area contributed by atoms with E-state index in [9.17, 15) is 9.59 Å². The minimum Gasteiger partial charge on any atom is -0.434 e. The molecular weight excluding hydrogens is 184 g/mol. The zero-order valence-corrected chi connectivity index (χ0v) is 7.36. The second-order valence-corrected chi connectivity index (χ2v) is 2.87. The van der Waals surface area contributed by atoms with Crippen molar-refractivity contribution >= 4 is 11.9 Å². The first-order valence-electron chi connectivity index (χ1n) is 4.24. The lowest BCUT2D eigenvalue weighted by molar-refractivity contribution is 0.0797. The monoisotopic (exact) mass is 192 g/mol. The molecule has 0 spiro atoms. The molecule has 0 aliphatic carbocycles. The average molecular weight is 192 g/mol. The minimum atomic E-state index is -0.759. The lowest BCUT2D eigenvalue weighted by Crippen LogP contribution is -2.18. The van der Waals surface area contributed by atoms with Gasteiger partial charge in [-0.3, -0.25) is 4.79 Å². The van der Waals surface area contributed by atoms with Gasteiger partial charge in [0.1, 0.15) is 12.4 Å². The van der Waals surface area contributed by atoms with Gasteiger partial charge in [0.15, 0.2) is 5.78 Å². The molecule has 1 aliphatic rings. The summed E-state index contributed by atoms with van der Waals surface area (Å²) in [4.78, 5) is 22.4. The molecule has 0 saturated carbocycles. The maximum absolute atomic E-state index is 11.5. The molecule has 0 atom stereocenters.